The van der Waals surface area contributed by atoms with Crippen LogP contribution in [0.3, 0.4) is 0 Å². The molecule has 0 atom stereocenters. The number of pyridine rings is 2. The van der Waals surface area contributed by atoms with Crippen LogP contribution in [0.15, 0.2) is 194 Å². The van der Waals surface area contributed by atoms with Crippen LogP contribution in [0.2, 0.25) is 0 Å². The average molecular weight is 742 g/mol. The highest BCUT2D eigenvalue weighted by Crippen LogP contribution is 2.48. The highest BCUT2D eigenvalue weighted by Gasteiger charge is 2.29. The molecule has 2 heterocycles. The molecule has 6 nitrogen and oxygen atoms in total. The number of hydrogen-bond donors (Lipinski definition) is 0. The Morgan fingerprint density at radius 3 is 1.45 bits per heavy atom. The van der Waals surface area contributed by atoms with E-state index in [4.69, 9.17) is 4.98 Å². The van der Waals surface area contributed by atoms with Crippen molar-refractivity contribution in [3.63, 3.8) is 0 Å². The molecule has 0 radical (unpaired) electrons. The molecule has 0 aliphatic heterocycles. The first-order valence-corrected chi connectivity index (χ1v) is 19.1. The molecule has 58 heavy (non-hydrogen) atoms. The van der Waals surface area contributed by atoms with E-state index in [2.05, 4.69) is 112 Å². The van der Waals surface area contributed by atoms with E-state index in [1.54, 1.807) is 6.20 Å². The van der Waals surface area contributed by atoms with Crippen LogP contribution >= 0.6 is 0 Å². The first kappa shape index (κ1) is 34.2. The Bertz CT molecular complexity index is 2970. The van der Waals surface area contributed by atoms with Gasteiger partial charge in [0.15, 0.2) is 5.69 Å². The third-order valence-corrected chi connectivity index (χ3v) is 10.8. The maximum Gasteiger partial charge on any atom is 0.284 e. The highest BCUT2D eigenvalue weighted by molar-refractivity contribution is 6.28. The molecule has 1 N–H and O–H groups in total. The van der Waals surface area contributed by atoms with Crippen molar-refractivity contribution in [1.29, 1.82) is 10.5 Å². The second-order valence-corrected chi connectivity index (χ2v) is 14.1. The topological polar surface area (TPSA) is 81.1 Å². The Labute approximate surface area is 335 Å². The van der Waals surface area contributed by atoms with Crippen molar-refractivity contribution in [2.24, 2.45) is 0 Å². The van der Waals surface area contributed by atoms with Crippen LogP contribution in [0.4, 0.5) is 34.4 Å². The summed E-state index contributed by atoms with van der Waals surface area (Å²) in [5.41, 5.74) is 8.50. The van der Waals surface area contributed by atoms with E-state index in [1.807, 2.05) is 103 Å². The first-order valence-electron chi connectivity index (χ1n) is 19.1. The smallest absolute Gasteiger partial charge is 0.284 e. The van der Waals surface area contributed by atoms with E-state index in [0.29, 0.717) is 16.9 Å². The van der Waals surface area contributed by atoms with Gasteiger partial charge in [0, 0.05) is 28.4 Å². The molecule has 8 aromatic carbocycles. The highest BCUT2D eigenvalue weighted by atomic mass is 15.2. The maximum absolute atomic E-state index is 10.6. The maximum atomic E-state index is 10.6. The van der Waals surface area contributed by atoms with Gasteiger partial charge in [-0.3, -0.25) is 4.90 Å². The van der Waals surface area contributed by atoms with E-state index < -0.39 is 0 Å². The van der Waals surface area contributed by atoms with Gasteiger partial charge in [0.1, 0.15) is 23.6 Å². The standard InChI is InChI=1S/C52H32N6/c53-33-41-31-39(35-11-3-1-4-12-35)21-25-45(41)57(49-15-7-9-29-55-49)47-27-19-37-18-24-44-48(28-20-38-17-23-43(47)51(37)52(38)44)58(50-16-8-10-30-56-50)46-26-22-40(32-42(46)34-54)36-13-5-2-6-14-36/h1-32H/p+1. The van der Waals surface area contributed by atoms with Crippen LogP contribution in [0.1, 0.15) is 11.1 Å². The summed E-state index contributed by atoms with van der Waals surface area (Å²) in [7, 11) is 0. The fourth-order valence-corrected chi connectivity index (χ4v) is 8.20. The molecule has 0 unspecified atom stereocenters. The van der Waals surface area contributed by atoms with Crippen molar-refractivity contribution in [3.05, 3.63) is 206 Å². The van der Waals surface area contributed by atoms with E-state index in [1.165, 1.54) is 0 Å². The Hall–Kier alpha value is -8.32. The number of benzene rings is 8. The van der Waals surface area contributed by atoms with Crippen LogP contribution < -0.4 is 14.8 Å². The fourth-order valence-electron chi connectivity index (χ4n) is 8.20. The molecule has 0 amide bonds. The number of nitriles is 2. The summed E-state index contributed by atoms with van der Waals surface area (Å²) in [5, 5.41) is 27.7. The predicted octanol–water partition coefficient (Wildman–Crippen LogP) is 12.8. The van der Waals surface area contributed by atoms with E-state index in [9.17, 15) is 10.5 Å². The zero-order valence-electron chi connectivity index (χ0n) is 31.2. The van der Waals surface area contributed by atoms with Gasteiger partial charge in [-0.05, 0) is 99.1 Å². The predicted molar refractivity (Wildman–Crippen MR) is 234 cm³/mol. The molecule has 0 spiro atoms. The van der Waals surface area contributed by atoms with Crippen molar-refractivity contribution >= 4 is 66.7 Å². The van der Waals surface area contributed by atoms with E-state index in [0.717, 1.165) is 83.1 Å². The van der Waals surface area contributed by atoms with Crippen LogP contribution in [-0.2, 0) is 0 Å². The normalized spacial score (nSPS) is 11.1. The summed E-state index contributed by atoms with van der Waals surface area (Å²) in [6.07, 6.45) is 3.69. The number of anilines is 6. The summed E-state index contributed by atoms with van der Waals surface area (Å²) >= 11 is 0. The summed E-state index contributed by atoms with van der Waals surface area (Å²) in [6, 6.07) is 66.5. The summed E-state index contributed by atoms with van der Waals surface area (Å²) in [5.74, 6) is 1.53. The van der Waals surface area contributed by atoms with Crippen LogP contribution in [-0.4, -0.2) is 4.98 Å². The largest absolute Gasteiger partial charge is 0.293 e. The van der Waals surface area contributed by atoms with Gasteiger partial charge in [0.25, 0.3) is 5.82 Å². The zero-order valence-corrected chi connectivity index (χ0v) is 31.2. The fraction of sp³-hybridized carbons (Fsp3) is 0. The average Bonchev–Trinajstić information content (AvgIpc) is 3.30. The molecule has 0 saturated carbocycles. The molecule has 0 aliphatic rings. The number of hydrogen-bond acceptors (Lipinski definition) is 5. The number of rotatable bonds is 8. The molecular weight excluding hydrogens is 709 g/mol. The Morgan fingerprint density at radius 2 is 0.931 bits per heavy atom. The molecule has 0 fully saturated rings. The summed E-state index contributed by atoms with van der Waals surface area (Å²) in [4.78, 5) is 12.5. The van der Waals surface area contributed by atoms with Crippen LogP contribution in [0.5, 0.6) is 0 Å². The van der Waals surface area contributed by atoms with Crippen molar-refractivity contribution in [3.8, 4) is 34.4 Å². The molecule has 6 heteroatoms. The van der Waals surface area contributed by atoms with Gasteiger partial charge < -0.3 is 0 Å². The molecule has 270 valence electrons. The third kappa shape index (κ3) is 5.81. The van der Waals surface area contributed by atoms with E-state index in [-0.39, 0.29) is 0 Å². The van der Waals surface area contributed by atoms with Gasteiger partial charge in [-0.15, -0.1) is 0 Å². The number of H-pyrrole nitrogens is 1. The Kier molecular flexibility index (Phi) is 8.49. The minimum absolute atomic E-state index is 0.543. The van der Waals surface area contributed by atoms with Crippen molar-refractivity contribution < 1.29 is 4.98 Å². The lowest BCUT2D eigenvalue weighted by atomic mass is 9.91. The monoisotopic (exact) mass is 741 g/mol. The molecule has 10 rings (SSSR count). The molecule has 2 aromatic heterocycles. The van der Waals surface area contributed by atoms with Crippen molar-refractivity contribution in [2.45, 2.75) is 0 Å². The van der Waals surface area contributed by atoms with Gasteiger partial charge >= 0.3 is 0 Å². The number of aromatic nitrogens is 2. The summed E-state index contributed by atoms with van der Waals surface area (Å²) in [6.45, 7) is 0. The Balaban J connectivity index is 1.19. The van der Waals surface area contributed by atoms with Gasteiger partial charge in [-0.2, -0.15) is 15.4 Å². The molecule has 0 aliphatic carbocycles. The molecular formula is C52H33N6+. The lowest BCUT2D eigenvalue weighted by Gasteiger charge is -2.28. The first-order chi connectivity index (χ1) is 28.7. The Morgan fingerprint density at radius 1 is 0.431 bits per heavy atom. The number of nitrogens with zero attached hydrogens (tertiary/aromatic N) is 5. The lowest BCUT2D eigenvalue weighted by Crippen LogP contribution is -2.20. The van der Waals surface area contributed by atoms with Crippen LogP contribution in [0, 0.1) is 22.7 Å². The molecule has 0 bridgehead atoms. The van der Waals surface area contributed by atoms with Crippen molar-refractivity contribution in [2.75, 3.05) is 9.80 Å². The number of nitrogens with one attached hydrogen (secondary N) is 1. The lowest BCUT2D eigenvalue weighted by molar-refractivity contribution is -0.362. The van der Waals surface area contributed by atoms with Crippen LogP contribution in [0.25, 0.3) is 54.6 Å². The SMILES string of the molecule is N#Cc1cc(-c2ccccc2)ccc1N(c1ccccn1)c1ccc2ccc3c(N(c4cccc[nH+]4)c4ccc(-c5ccccc5)cc4C#N)ccc4ccc1c2c43. The van der Waals surface area contributed by atoms with E-state index >= 15 is 0 Å². The second kappa shape index (κ2) is 14.4. The zero-order chi connectivity index (χ0) is 39.0. The van der Waals surface area contributed by atoms with Gasteiger partial charge in [-0.25, -0.2) is 9.97 Å². The quantitative estimate of drug-likeness (QED) is 0.145. The minimum atomic E-state index is 0.543. The minimum Gasteiger partial charge on any atom is -0.293 e. The van der Waals surface area contributed by atoms with Gasteiger partial charge in [0.05, 0.1) is 28.7 Å². The van der Waals surface area contributed by atoms with Gasteiger partial charge in [-0.1, -0.05) is 115 Å². The second-order valence-electron chi connectivity index (χ2n) is 14.1. The third-order valence-electron chi connectivity index (χ3n) is 10.8. The molecule has 0 saturated heterocycles. The summed E-state index contributed by atoms with van der Waals surface area (Å²) < 4.78 is 0. The van der Waals surface area contributed by atoms with Crippen molar-refractivity contribution in [1.82, 2.24) is 4.98 Å². The number of aromatic amines is 1. The molecule has 10 aromatic rings. The van der Waals surface area contributed by atoms with Gasteiger partial charge in [0.2, 0.25) is 0 Å².